The zero-order valence-corrected chi connectivity index (χ0v) is 37.6. The van der Waals surface area contributed by atoms with Gasteiger partial charge in [-0.05, 0) is 109 Å². The van der Waals surface area contributed by atoms with Gasteiger partial charge in [0.15, 0.2) is 5.58 Å². The van der Waals surface area contributed by atoms with E-state index in [1.807, 2.05) is 11.3 Å². The topological polar surface area (TPSA) is 16.4 Å². The van der Waals surface area contributed by atoms with Crippen molar-refractivity contribution in [2.45, 2.75) is 5.41 Å². The molecule has 0 saturated heterocycles. The third-order valence-corrected chi connectivity index (χ3v) is 16.1. The monoisotopic (exact) mass is 881 g/mol. The number of nitrogens with zero attached hydrogens (tertiary/aromatic N) is 1. The number of hydrogen-bond donors (Lipinski definition) is 0. The predicted molar refractivity (Wildman–Crippen MR) is 286 cm³/mol. The first-order valence-corrected chi connectivity index (χ1v) is 24.2. The van der Waals surface area contributed by atoms with Crippen molar-refractivity contribution in [2.24, 2.45) is 0 Å². The van der Waals surface area contributed by atoms with E-state index in [0.717, 1.165) is 44.6 Å². The molecular formula is C65H39NOS. The molecule has 0 N–H and O–H groups in total. The number of benzene rings is 11. The number of anilines is 3. The summed E-state index contributed by atoms with van der Waals surface area (Å²) in [5.74, 6) is 0. The first-order chi connectivity index (χ1) is 33.7. The van der Waals surface area contributed by atoms with Gasteiger partial charge < -0.3 is 9.32 Å². The van der Waals surface area contributed by atoms with Crippen molar-refractivity contribution in [3.05, 3.63) is 259 Å². The summed E-state index contributed by atoms with van der Waals surface area (Å²) in [6.45, 7) is 0. The van der Waals surface area contributed by atoms with Gasteiger partial charge in [0.05, 0.1) is 11.1 Å². The molecule has 2 nitrogen and oxygen atoms in total. The lowest BCUT2D eigenvalue weighted by molar-refractivity contribution is 0.670. The number of para-hydroxylation sites is 1. The summed E-state index contributed by atoms with van der Waals surface area (Å²) in [6.07, 6.45) is 0. The number of fused-ring (bicyclic) bond motifs is 17. The second-order valence-corrected chi connectivity index (χ2v) is 19.3. The maximum Gasteiger partial charge on any atom is 0.159 e. The largest absolute Gasteiger partial charge is 0.453 e. The molecule has 0 unspecified atom stereocenters. The summed E-state index contributed by atoms with van der Waals surface area (Å²) in [5, 5.41) is 7.12. The second kappa shape index (κ2) is 14.3. The van der Waals surface area contributed by atoms with E-state index in [1.165, 1.54) is 92.1 Å². The van der Waals surface area contributed by atoms with Crippen LogP contribution in [0.25, 0.3) is 97.4 Å². The molecule has 2 aliphatic rings. The van der Waals surface area contributed by atoms with Crippen LogP contribution >= 0.6 is 11.3 Å². The normalized spacial score (nSPS) is 13.1. The molecule has 13 aromatic rings. The maximum atomic E-state index is 7.51. The van der Waals surface area contributed by atoms with Gasteiger partial charge in [0.1, 0.15) is 5.58 Å². The highest BCUT2D eigenvalue weighted by Gasteiger charge is 2.51. The number of furan rings is 1. The van der Waals surface area contributed by atoms with E-state index >= 15 is 0 Å². The molecule has 0 fully saturated rings. The molecule has 1 spiro atoms. The van der Waals surface area contributed by atoms with Crippen LogP contribution in [0.4, 0.5) is 17.1 Å². The molecule has 0 atom stereocenters. The van der Waals surface area contributed by atoms with Crippen molar-refractivity contribution < 1.29 is 4.42 Å². The summed E-state index contributed by atoms with van der Waals surface area (Å²) < 4.78 is 10.1. The minimum absolute atomic E-state index is 0.480. The molecule has 2 aliphatic carbocycles. The van der Waals surface area contributed by atoms with Crippen molar-refractivity contribution >= 4 is 81.3 Å². The van der Waals surface area contributed by atoms with Crippen LogP contribution in [0.1, 0.15) is 22.3 Å². The van der Waals surface area contributed by atoms with Crippen LogP contribution in [-0.2, 0) is 5.41 Å². The first kappa shape index (κ1) is 37.7. The van der Waals surface area contributed by atoms with Crippen LogP contribution in [0.15, 0.2) is 241 Å². The summed E-state index contributed by atoms with van der Waals surface area (Å²) >= 11 is 1.86. The Kier molecular flexibility index (Phi) is 7.90. The molecule has 3 heteroatoms. The van der Waals surface area contributed by atoms with E-state index in [-0.39, 0.29) is 0 Å². The van der Waals surface area contributed by atoms with E-state index in [0.29, 0.717) is 0 Å². The van der Waals surface area contributed by atoms with Crippen LogP contribution in [0.3, 0.4) is 0 Å². The third kappa shape index (κ3) is 5.11. The van der Waals surface area contributed by atoms with E-state index < -0.39 is 5.41 Å². The van der Waals surface area contributed by atoms with Crippen LogP contribution in [0.5, 0.6) is 0 Å². The Bertz CT molecular complexity index is 4150. The van der Waals surface area contributed by atoms with Crippen molar-refractivity contribution in [1.29, 1.82) is 0 Å². The maximum absolute atomic E-state index is 7.51. The Labute approximate surface area is 397 Å². The summed E-state index contributed by atoms with van der Waals surface area (Å²) in [6, 6.07) is 87.3. The van der Waals surface area contributed by atoms with Crippen molar-refractivity contribution in [1.82, 2.24) is 0 Å². The molecule has 15 rings (SSSR count). The predicted octanol–water partition coefficient (Wildman–Crippen LogP) is 18.3. The van der Waals surface area contributed by atoms with Crippen LogP contribution < -0.4 is 4.90 Å². The van der Waals surface area contributed by atoms with Crippen molar-refractivity contribution in [3.8, 4) is 44.5 Å². The zero-order chi connectivity index (χ0) is 44.5. The molecule has 68 heavy (non-hydrogen) atoms. The average molecular weight is 882 g/mol. The highest BCUT2D eigenvalue weighted by Crippen LogP contribution is 2.63. The fraction of sp³-hybridized carbons (Fsp3) is 0.0154. The Balaban J connectivity index is 1.01. The first-order valence-electron chi connectivity index (χ1n) is 23.4. The summed E-state index contributed by atoms with van der Waals surface area (Å²) in [5.41, 5.74) is 19.5. The lowest BCUT2D eigenvalue weighted by atomic mass is 9.70. The highest BCUT2D eigenvalue weighted by atomic mass is 32.1. The molecule has 0 saturated carbocycles. The number of hydrogen-bond acceptors (Lipinski definition) is 3. The molecule has 0 bridgehead atoms. The van der Waals surface area contributed by atoms with Crippen LogP contribution in [0.2, 0.25) is 0 Å². The zero-order valence-electron chi connectivity index (χ0n) is 36.8. The Morgan fingerprint density at radius 2 is 0.912 bits per heavy atom. The van der Waals surface area contributed by atoms with Crippen molar-refractivity contribution in [3.63, 3.8) is 0 Å². The van der Waals surface area contributed by atoms with Gasteiger partial charge in [-0.2, -0.15) is 0 Å². The van der Waals surface area contributed by atoms with E-state index in [4.69, 9.17) is 4.42 Å². The van der Waals surface area contributed by atoms with Crippen LogP contribution in [-0.4, -0.2) is 0 Å². The van der Waals surface area contributed by atoms with Gasteiger partial charge in [-0.3, -0.25) is 0 Å². The van der Waals surface area contributed by atoms with Gasteiger partial charge in [0.2, 0.25) is 0 Å². The average Bonchev–Trinajstić information content (AvgIpc) is 4.14. The van der Waals surface area contributed by atoms with Crippen molar-refractivity contribution in [2.75, 3.05) is 4.90 Å². The minimum Gasteiger partial charge on any atom is -0.453 e. The summed E-state index contributed by atoms with van der Waals surface area (Å²) in [4.78, 5) is 2.43. The molecule has 2 aromatic heterocycles. The van der Waals surface area contributed by atoms with Gasteiger partial charge in [-0.1, -0.05) is 194 Å². The quantitative estimate of drug-likeness (QED) is 0.171. The van der Waals surface area contributed by atoms with Gasteiger partial charge in [0, 0.05) is 53.4 Å². The van der Waals surface area contributed by atoms with E-state index in [2.05, 4.69) is 241 Å². The Morgan fingerprint density at radius 3 is 1.66 bits per heavy atom. The van der Waals surface area contributed by atoms with Gasteiger partial charge >= 0.3 is 0 Å². The third-order valence-electron chi connectivity index (χ3n) is 14.9. The molecular weight excluding hydrogens is 843 g/mol. The standard InChI is InChI=1S/C65H39NOS/c1-2-16-40(17-3-1)41-32-34-43(35-33-41)66(44-36-37-49-48-22-8-12-29-57(48)65(58(49)39-44)55-27-10-6-20-46(55)47-21-7-11-28-56(47)65)59-30-15-24-51-54-38-42-18-4-5-19-45(42)61(63(54)67-62(51)59)53-26-14-25-52-50-23-9-13-31-60(50)68-64(52)53/h1-39H. The molecule has 0 aliphatic heterocycles. The molecule has 2 heterocycles. The minimum atomic E-state index is -0.480. The van der Waals surface area contributed by atoms with Crippen LogP contribution in [0, 0.1) is 0 Å². The smallest absolute Gasteiger partial charge is 0.159 e. The van der Waals surface area contributed by atoms with E-state index in [1.54, 1.807) is 0 Å². The second-order valence-electron chi connectivity index (χ2n) is 18.3. The fourth-order valence-corrected chi connectivity index (χ4v) is 13.3. The Hall–Kier alpha value is -8.50. The molecule has 11 aromatic carbocycles. The molecule has 316 valence electrons. The van der Waals surface area contributed by atoms with E-state index in [9.17, 15) is 0 Å². The van der Waals surface area contributed by atoms with Gasteiger partial charge in [-0.15, -0.1) is 11.3 Å². The van der Waals surface area contributed by atoms with Gasteiger partial charge in [0.25, 0.3) is 0 Å². The summed E-state index contributed by atoms with van der Waals surface area (Å²) in [7, 11) is 0. The number of rotatable bonds is 5. The fourth-order valence-electron chi connectivity index (χ4n) is 12.1. The van der Waals surface area contributed by atoms with Gasteiger partial charge in [-0.25, -0.2) is 0 Å². The highest BCUT2D eigenvalue weighted by molar-refractivity contribution is 7.26. The SMILES string of the molecule is c1ccc(-c2ccc(N(c3ccc4c(c3)C3(c5ccccc5-c5ccccc53)c3ccccc3-4)c3cccc4c3oc3c(-c5cccc6c5sc5ccccc56)c5ccccc5cc34)cc2)cc1. The lowest BCUT2D eigenvalue weighted by Gasteiger charge is -2.32. The lowest BCUT2D eigenvalue weighted by Crippen LogP contribution is -2.26. The number of thiophene rings is 1. The molecule has 0 amide bonds. The Morgan fingerprint density at radius 1 is 0.353 bits per heavy atom. The molecule has 0 radical (unpaired) electrons.